The lowest BCUT2D eigenvalue weighted by molar-refractivity contribution is -0.137. The maximum atomic E-state index is 12.9. The Labute approximate surface area is 141 Å². The molecular formula is C19H20N2O3. The van der Waals surface area contributed by atoms with Gasteiger partial charge in [0.15, 0.2) is 0 Å². The van der Waals surface area contributed by atoms with Crippen LogP contribution in [-0.4, -0.2) is 48.3 Å². The Bertz CT molecular complexity index is 753. The normalized spacial score (nSPS) is 25.5. The van der Waals surface area contributed by atoms with E-state index in [1.54, 1.807) is 17.2 Å². The van der Waals surface area contributed by atoms with E-state index in [0.717, 1.165) is 24.3 Å². The molecule has 0 N–H and O–H groups in total. The van der Waals surface area contributed by atoms with Crippen molar-refractivity contribution in [2.24, 2.45) is 11.8 Å². The Kier molecular flexibility index (Phi) is 3.63. The lowest BCUT2D eigenvalue weighted by Crippen LogP contribution is -2.42. The number of fused-ring (bicyclic) bond motifs is 2. The van der Waals surface area contributed by atoms with Gasteiger partial charge >= 0.3 is 0 Å². The number of hydrogen-bond donors (Lipinski definition) is 0. The first-order valence-corrected chi connectivity index (χ1v) is 8.31. The number of benzene rings is 1. The van der Waals surface area contributed by atoms with Gasteiger partial charge in [-0.3, -0.25) is 9.59 Å². The zero-order valence-corrected chi connectivity index (χ0v) is 13.6. The number of carbonyl (C=O) groups is 2. The van der Waals surface area contributed by atoms with Crippen LogP contribution in [0.1, 0.15) is 12.0 Å². The molecule has 0 spiro atoms. The van der Waals surface area contributed by atoms with Crippen LogP contribution >= 0.6 is 0 Å². The molecule has 0 aromatic heterocycles. The van der Waals surface area contributed by atoms with Crippen molar-refractivity contribution in [1.82, 2.24) is 9.80 Å². The van der Waals surface area contributed by atoms with Crippen molar-refractivity contribution in [2.45, 2.75) is 6.42 Å². The minimum Gasteiger partial charge on any atom is -0.464 e. The van der Waals surface area contributed by atoms with Crippen molar-refractivity contribution in [3.63, 3.8) is 0 Å². The molecule has 24 heavy (non-hydrogen) atoms. The second-order valence-corrected chi connectivity index (χ2v) is 6.68. The van der Waals surface area contributed by atoms with Crippen molar-refractivity contribution in [1.29, 1.82) is 0 Å². The van der Waals surface area contributed by atoms with Crippen molar-refractivity contribution >= 4 is 17.9 Å². The van der Waals surface area contributed by atoms with Gasteiger partial charge in [-0.1, -0.05) is 18.2 Å². The fraction of sp³-hybridized carbons (Fsp3) is 0.368. The molecule has 2 saturated heterocycles. The van der Waals surface area contributed by atoms with E-state index in [0.29, 0.717) is 18.7 Å². The lowest BCUT2D eigenvalue weighted by atomic mass is 9.88. The van der Waals surface area contributed by atoms with E-state index in [9.17, 15) is 9.59 Å². The topological polar surface area (TPSA) is 49.9 Å². The van der Waals surface area contributed by atoms with E-state index in [1.807, 2.05) is 42.3 Å². The van der Waals surface area contributed by atoms with Gasteiger partial charge in [0.05, 0.1) is 12.2 Å². The summed E-state index contributed by atoms with van der Waals surface area (Å²) in [6, 6.07) is 7.63. The molecule has 4 rings (SSSR count). The number of nitrogens with zero attached hydrogens (tertiary/aromatic N) is 2. The molecule has 0 aliphatic carbocycles. The number of hydrogen-bond acceptors (Lipinski definition) is 3. The van der Waals surface area contributed by atoms with E-state index < -0.39 is 0 Å². The van der Waals surface area contributed by atoms with Crippen LogP contribution in [-0.2, 0) is 9.59 Å². The van der Waals surface area contributed by atoms with Crippen molar-refractivity contribution in [2.75, 3.05) is 26.7 Å². The van der Waals surface area contributed by atoms with Crippen LogP contribution in [0, 0.1) is 11.8 Å². The number of para-hydroxylation sites is 1. The van der Waals surface area contributed by atoms with Gasteiger partial charge in [-0.2, -0.15) is 0 Å². The molecule has 3 aliphatic heterocycles. The smallest absolute Gasteiger partial charge is 0.254 e. The number of amides is 2. The lowest BCUT2D eigenvalue weighted by Gasteiger charge is -2.30. The summed E-state index contributed by atoms with van der Waals surface area (Å²) < 4.78 is 5.55. The van der Waals surface area contributed by atoms with E-state index >= 15 is 0 Å². The van der Waals surface area contributed by atoms with Crippen LogP contribution < -0.4 is 4.74 Å². The first-order chi connectivity index (χ1) is 11.6. The van der Waals surface area contributed by atoms with E-state index in [-0.39, 0.29) is 23.7 Å². The Morgan fingerprint density at radius 1 is 1.25 bits per heavy atom. The first-order valence-electron chi connectivity index (χ1n) is 8.31. The molecule has 0 unspecified atom stereocenters. The second-order valence-electron chi connectivity index (χ2n) is 6.68. The molecular weight excluding hydrogens is 304 g/mol. The molecule has 0 radical (unpaired) electrons. The monoisotopic (exact) mass is 324 g/mol. The Morgan fingerprint density at radius 3 is 2.96 bits per heavy atom. The number of piperidine rings is 1. The van der Waals surface area contributed by atoms with Crippen LogP contribution in [0.15, 0.2) is 42.2 Å². The van der Waals surface area contributed by atoms with Gasteiger partial charge in [-0.05, 0) is 30.6 Å². The third-order valence-corrected chi connectivity index (χ3v) is 5.18. The maximum absolute atomic E-state index is 12.9. The predicted octanol–water partition coefficient (Wildman–Crippen LogP) is 1.91. The summed E-state index contributed by atoms with van der Waals surface area (Å²) in [7, 11) is 1.84. The predicted molar refractivity (Wildman–Crippen MR) is 90.0 cm³/mol. The molecule has 3 aliphatic rings. The number of carbonyl (C=O) groups excluding carboxylic acids is 2. The van der Waals surface area contributed by atoms with Gasteiger partial charge in [-0.15, -0.1) is 0 Å². The molecule has 0 saturated carbocycles. The molecule has 5 heteroatoms. The highest BCUT2D eigenvalue weighted by atomic mass is 16.5. The molecule has 124 valence electrons. The Balaban J connectivity index is 1.57. The molecule has 2 amide bonds. The Morgan fingerprint density at radius 2 is 2.08 bits per heavy atom. The average molecular weight is 324 g/mol. The molecule has 1 aromatic rings. The first kappa shape index (κ1) is 15.0. The van der Waals surface area contributed by atoms with Crippen LogP contribution in [0.25, 0.3) is 6.08 Å². The number of rotatable bonds is 1. The average Bonchev–Trinajstić information content (AvgIpc) is 2.91. The van der Waals surface area contributed by atoms with Gasteiger partial charge in [-0.25, -0.2) is 0 Å². The van der Waals surface area contributed by atoms with Crippen LogP contribution in [0.3, 0.4) is 0 Å². The van der Waals surface area contributed by atoms with E-state index in [4.69, 9.17) is 4.74 Å². The summed E-state index contributed by atoms with van der Waals surface area (Å²) in [5.41, 5.74) is 1.48. The standard InChI is InChI=1S/C19H20N2O3/c1-20-8-6-15-11-21(12-16(15)19(20)23)18(22)14-7-9-24-17-5-3-2-4-13(17)10-14/h2-5,7,9-10,15-16H,6,8,11-12H2,1H3/t15-,16+/m1/s1. The summed E-state index contributed by atoms with van der Waals surface area (Å²) in [5, 5.41) is 0. The van der Waals surface area contributed by atoms with Gasteiger partial charge in [0, 0.05) is 37.8 Å². The Hall–Kier alpha value is -2.56. The van der Waals surface area contributed by atoms with Crippen LogP contribution in [0.2, 0.25) is 0 Å². The molecule has 5 nitrogen and oxygen atoms in total. The molecule has 1 aromatic carbocycles. The summed E-state index contributed by atoms with van der Waals surface area (Å²) in [4.78, 5) is 28.8. The highest BCUT2D eigenvalue weighted by Gasteiger charge is 2.43. The minimum atomic E-state index is -0.0495. The van der Waals surface area contributed by atoms with Gasteiger partial charge in [0.25, 0.3) is 5.91 Å². The third kappa shape index (κ3) is 2.50. The second kappa shape index (κ2) is 5.82. The summed E-state index contributed by atoms with van der Waals surface area (Å²) in [5.74, 6) is 1.11. The maximum Gasteiger partial charge on any atom is 0.254 e. The SMILES string of the molecule is CN1CC[C@@H]2CN(C(=O)C3=Cc4ccccc4OC=C3)C[C@@H]2C1=O. The molecule has 2 fully saturated rings. The molecule has 2 atom stereocenters. The van der Waals surface area contributed by atoms with Crippen molar-refractivity contribution in [3.8, 4) is 5.75 Å². The quantitative estimate of drug-likeness (QED) is 0.793. The third-order valence-electron chi connectivity index (χ3n) is 5.18. The largest absolute Gasteiger partial charge is 0.464 e. The summed E-state index contributed by atoms with van der Waals surface area (Å²) in [6.07, 6.45) is 6.09. The van der Waals surface area contributed by atoms with Gasteiger partial charge in [0.1, 0.15) is 5.75 Å². The number of ether oxygens (including phenoxy) is 1. The van der Waals surface area contributed by atoms with Crippen molar-refractivity contribution < 1.29 is 14.3 Å². The molecule has 3 heterocycles. The van der Waals surface area contributed by atoms with Crippen LogP contribution in [0.4, 0.5) is 0 Å². The van der Waals surface area contributed by atoms with Crippen LogP contribution in [0.5, 0.6) is 5.75 Å². The highest BCUT2D eigenvalue weighted by Crippen LogP contribution is 2.33. The van der Waals surface area contributed by atoms with Gasteiger partial charge in [0.2, 0.25) is 5.91 Å². The zero-order valence-electron chi connectivity index (χ0n) is 13.6. The fourth-order valence-electron chi connectivity index (χ4n) is 3.78. The summed E-state index contributed by atoms with van der Waals surface area (Å²) in [6.45, 7) is 1.96. The molecule has 0 bridgehead atoms. The minimum absolute atomic E-state index is 0.0311. The van der Waals surface area contributed by atoms with E-state index in [2.05, 4.69) is 0 Å². The van der Waals surface area contributed by atoms with E-state index in [1.165, 1.54) is 0 Å². The van der Waals surface area contributed by atoms with Gasteiger partial charge < -0.3 is 14.5 Å². The summed E-state index contributed by atoms with van der Waals surface area (Å²) >= 11 is 0. The number of likely N-dealkylation sites (tertiary alicyclic amines) is 2. The fourth-order valence-corrected chi connectivity index (χ4v) is 3.78. The van der Waals surface area contributed by atoms with Crippen molar-refractivity contribution in [3.05, 3.63) is 47.7 Å². The highest BCUT2D eigenvalue weighted by molar-refractivity contribution is 6.01. The zero-order chi connectivity index (χ0) is 16.7.